The van der Waals surface area contributed by atoms with Crippen molar-refractivity contribution in [1.82, 2.24) is 10.3 Å². The summed E-state index contributed by atoms with van der Waals surface area (Å²) in [5.74, 6) is 1.33. The number of benzene rings is 2. The predicted molar refractivity (Wildman–Crippen MR) is 125 cm³/mol. The van der Waals surface area contributed by atoms with Gasteiger partial charge >= 0.3 is 0 Å². The minimum absolute atomic E-state index is 0.0187. The number of methoxy groups -OCH3 is 1. The SMILES string of the molecule is COc1cc(C(C)NC(=O)Cc2ccc3c(c2)CCCC3)ccc1OCc1ccncc1. The van der Waals surface area contributed by atoms with Gasteiger partial charge in [0.15, 0.2) is 11.5 Å². The van der Waals surface area contributed by atoms with Crippen LogP contribution >= 0.6 is 0 Å². The van der Waals surface area contributed by atoms with Crippen molar-refractivity contribution in [3.8, 4) is 11.5 Å². The van der Waals surface area contributed by atoms with E-state index in [1.807, 2.05) is 37.3 Å². The summed E-state index contributed by atoms with van der Waals surface area (Å²) < 4.78 is 11.4. The predicted octanol–water partition coefficient (Wildman–Crippen LogP) is 4.97. The van der Waals surface area contributed by atoms with Crippen molar-refractivity contribution in [1.29, 1.82) is 0 Å². The summed E-state index contributed by atoms with van der Waals surface area (Å²) in [6.07, 6.45) is 8.66. The number of amides is 1. The van der Waals surface area contributed by atoms with Crippen molar-refractivity contribution in [3.05, 3.63) is 88.7 Å². The third-order valence-electron chi connectivity index (χ3n) is 5.99. The summed E-state index contributed by atoms with van der Waals surface area (Å²) in [6, 6.07) is 16.0. The Morgan fingerprint density at radius 1 is 0.969 bits per heavy atom. The standard InChI is InChI=1S/C27H30N2O3/c1-19(29-27(30)16-21-7-8-22-5-3-4-6-24(22)15-21)23-9-10-25(26(17-23)31-2)32-18-20-11-13-28-14-12-20/h7-15,17,19H,3-6,16,18H2,1-2H3,(H,29,30). The summed E-state index contributed by atoms with van der Waals surface area (Å²) in [7, 11) is 1.62. The summed E-state index contributed by atoms with van der Waals surface area (Å²) in [5, 5.41) is 3.11. The van der Waals surface area contributed by atoms with Crippen LogP contribution in [0.15, 0.2) is 60.9 Å². The van der Waals surface area contributed by atoms with Gasteiger partial charge in [0.1, 0.15) is 6.61 Å². The Balaban J connectivity index is 1.37. The fourth-order valence-corrected chi connectivity index (χ4v) is 4.17. The number of fused-ring (bicyclic) bond motifs is 1. The molecule has 1 aliphatic carbocycles. The Kier molecular flexibility index (Phi) is 7.05. The molecule has 0 spiro atoms. The van der Waals surface area contributed by atoms with E-state index in [0.717, 1.165) is 29.5 Å². The minimum Gasteiger partial charge on any atom is -0.493 e. The van der Waals surface area contributed by atoms with Gasteiger partial charge in [-0.1, -0.05) is 24.3 Å². The third kappa shape index (κ3) is 5.47. The van der Waals surface area contributed by atoms with Crippen LogP contribution in [0.2, 0.25) is 0 Å². The smallest absolute Gasteiger partial charge is 0.224 e. The van der Waals surface area contributed by atoms with Gasteiger partial charge in [-0.3, -0.25) is 9.78 Å². The van der Waals surface area contributed by atoms with Gasteiger partial charge in [0.2, 0.25) is 5.91 Å². The van der Waals surface area contributed by atoms with Gasteiger partial charge in [-0.05, 0) is 84.7 Å². The molecular weight excluding hydrogens is 400 g/mol. The van der Waals surface area contributed by atoms with E-state index in [2.05, 4.69) is 28.5 Å². The van der Waals surface area contributed by atoms with Crippen molar-refractivity contribution in [2.24, 2.45) is 0 Å². The van der Waals surface area contributed by atoms with Crippen LogP contribution in [0.25, 0.3) is 0 Å². The fourth-order valence-electron chi connectivity index (χ4n) is 4.17. The lowest BCUT2D eigenvalue weighted by molar-refractivity contribution is -0.121. The first-order chi connectivity index (χ1) is 15.6. The molecule has 0 saturated heterocycles. The maximum Gasteiger partial charge on any atom is 0.224 e. The highest BCUT2D eigenvalue weighted by molar-refractivity contribution is 5.79. The number of hydrogen-bond donors (Lipinski definition) is 1. The molecule has 0 radical (unpaired) electrons. The van der Waals surface area contributed by atoms with Gasteiger partial charge < -0.3 is 14.8 Å². The molecule has 5 heteroatoms. The Hall–Kier alpha value is -3.34. The molecule has 3 aromatic rings. The van der Waals surface area contributed by atoms with E-state index in [9.17, 15) is 4.79 Å². The average molecular weight is 431 g/mol. The van der Waals surface area contributed by atoms with E-state index >= 15 is 0 Å². The average Bonchev–Trinajstić information content (AvgIpc) is 2.83. The highest BCUT2D eigenvalue weighted by Crippen LogP contribution is 2.31. The van der Waals surface area contributed by atoms with Crippen molar-refractivity contribution in [2.75, 3.05) is 7.11 Å². The molecule has 1 heterocycles. The first kappa shape index (κ1) is 21.9. The lowest BCUT2D eigenvalue weighted by Crippen LogP contribution is -2.28. The van der Waals surface area contributed by atoms with Crippen LogP contribution in [0.1, 0.15) is 53.6 Å². The number of aryl methyl sites for hydroxylation is 2. The summed E-state index contributed by atoms with van der Waals surface area (Å²) in [4.78, 5) is 16.7. The maximum absolute atomic E-state index is 12.7. The number of ether oxygens (including phenoxy) is 2. The summed E-state index contributed by atoms with van der Waals surface area (Å²) >= 11 is 0. The quantitative estimate of drug-likeness (QED) is 0.548. The number of hydrogen-bond acceptors (Lipinski definition) is 4. The van der Waals surface area contributed by atoms with Crippen LogP contribution in [0, 0.1) is 0 Å². The first-order valence-electron chi connectivity index (χ1n) is 11.2. The van der Waals surface area contributed by atoms with E-state index in [0.29, 0.717) is 24.5 Å². The third-order valence-corrected chi connectivity index (χ3v) is 5.99. The zero-order valence-electron chi connectivity index (χ0n) is 18.8. The Morgan fingerprint density at radius 2 is 1.75 bits per heavy atom. The van der Waals surface area contributed by atoms with Gasteiger partial charge in [-0.15, -0.1) is 0 Å². The number of rotatable bonds is 8. The molecule has 2 aromatic carbocycles. The summed E-state index contributed by atoms with van der Waals surface area (Å²) in [5.41, 5.74) is 5.92. The maximum atomic E-state index is 12.7. The highest BCUT2D eigenvalue weighted by Gasteiger charge is 2.15. The van der Waals surface area contributed by atoms with E-state index in [1.54, 1.807) is 19.5 Å². The van der Waals surface area contributed by atoms with Crippen molar-refractivity contribution < 1.29 is 14.3 Å². The van der Waals surface area contributed by atoms with Crippen LogP contribution in [-0.4, -0.2) is 18.0 Å². The first-order valence-corrected chi connectivity index (χ1v) is 11.2. The Morgan fingerprint density at radius 3 is 2.53 bits per heavy atom. The molecular formula is C27H30N2O3. The van der Waals surface area contributed by atoms with E-state index in [4.69, 9.17) is 9.47 Å². The second-order valence-corrected chi connectivity index (χ2v) is 8.33. The monoisotopic (exact) mass is 430 g/mol. The van der Waals surface area contributed by atoms with Gasteiger partial charge in [-0.25, -0.2) is 0 Å². The number of nitrogens with zero attached hydrogens (tertiary/aromatic N) is 1. The molecule has 32 heavy (non-hydrogen) atoms. The zero-order chi connectivity index (χ0) is 22.3. The van der Waals surface area contributed by atoms with Crippen LogP contribution < -0.4 is 14.8 Å². The molecule has 1 unspecified atom stereocenters. The molecule has 1 aliphatic rings. The van der Waals surface area contributed by atoms with Gasteiger partial charge in [0, 0.05) is 12.4 Å². The molecule has 1 aromatic heterocycles. The molecule has 5 nitrogen and oxygen atoms in total. The van der Waals surface area contributed by atoms with Crippen LogP contribution in [0.4, 0.5) is 0 Å². The van der Waals surface area contributed by atoms with Gasteiger partial charge in [0.05, 0.1) is 19.6 Å². The van der Waals surface area contributed by atoms with Crippen molar-refractivity contribution >= 4 is 5.91 Å². The molecule has 4 rings (SSSR count). The lowest BCUT2D eigenvalue weighted by atomic mass is 9.90. The molecule has 1 N–H and O–H groups in total. The van der Waals surface area contributed by atoms with Crippen LogP contribution in [-0.2, 0) is 30.7 Å². The van der Waals surface area contributed by atoms with Crippen LogP contribution in [0.3, 0.4) is 0 Å². The van der Waals surface area contributed by atoms with E-state index in [1.165, 1.54) is 24.0 Å². The largest absolute Gasteiger partial charge is 0.493 e. The molecule has 166 valence electrons. The number of carbonyl (C=O) groups is 1. The topological polar surface area (TPSA) is 60.5 Å². The minimum atomic E-state index is -0.136. The van der Waals surface area contributed by atoms with Gasteiger partial charge in [0.25, 0.3) is 0 Å². The highest BCUT2D eigenvalue weighted by atomic mass is 16.5. The number of pyridine rings is 1. The molecule has 0 saturated carbocycles. The fraction of sp³-hybridized carbons (Fsp3) is 0.333. The van der Waals surface area contributed by atoms with Crippen molar-refractivity contribution in [2.45, 2.75) is 51.7 Å². The Bertz CT molecular complexity index is 1070. The molecule has 0 aliphatic heterocycles. The molecule has 0 fully saturated rings. The van der Waals surface area contributed by atoms with E-state index < -0.39 is 0 Å². The molecule has 0 bridgehead atoms. The summed E-state index contributed by atoms with van der Waals surface area (Å²) in [6.45, 7) is 2.42. The molecule has 1 amide bonds. The van der Waals surface area contributed by atoms with E-state index in [-0.39, 0.29) is 11.9 Å². The van der Waals surface area contributed by atoms with Crippen molar-refractivity contribution in [3.63, 3.8) is 0 Å². The Labute approximate surface area is 189 Å². The second kappa shape index (κ2) is 10.3. The zero-order valence-corrected chi connectivity index (χ0v) is 18.8. The number of nitrogens with one attached hydrogen (secondary N) is 1. The number of carbonyl (C=O) groups excluding carboxylic acids is 1. The molecule has 1 atom stereocenters. The van der Waals surface area contributed by atoms with Gasteiger partial charge in [-0.2, -0.15) is 0 Å². The normalized spacial score (nSPS) is 13.7. The lowest BCUT2D eigenvalue weighted by Gasteiger charge is -2.18. The number of aromatic nitrogens is 1. The second-order valence-electron chi connectivity index (χ2n) is 8.33. The van der Waals surface area contributed by atoms with Crippen LogP contribution in [0.5, 0.6) is 11.5 Å².